The van der Waals surface area contributed by atoms with Crippen LogP contribution in [0.5, 0.6) is 11.5 Å². The van der Waals surface area contributed by atoms with Gasteiger partial charge in [-0.15, -0.1) is 0 Å². The summed E-state index contributed by atoms with van der Waals surface area (Å²) in [7, 11) is 0. The lowest BCUT2D eigenvalue weighted by Crippen LogP contribution is -2.30. The van der Waals surface area contributed by atoms with Crippen molar-refractivity contribution < 1.29 is 9.47 Å². The molecule has 3 rings (SSSR count). The van der Waals surface area contributed by atoms with Crippen molar-refractivity contribution in [3.8, 4) is 22.8 Å². The summed E-state index contributed by atoms with van der Waals surface area (Å²) in [5.74, 6) is 1.67. The van der Waals surface area contributed by atoms with Gasteiger partial charge in [0.15, 0.2) is 0 Å². The topological polar surface area (TPSA) is 50.4 Å². The van der Waals surface area contributed by atoms with Gasteiger partial charge in [0.1, 0.15) is 17.2 Å². The molecular weight excluding hydrogens is 290 g/mol. The number of ether oxygens (including phenoxy) is 2. The van der Waals surface area contributed by atoms with Crippen molar-refractivity contribution in [3.05, 3.63) is 29.5 Å². The minimum Gasteiger partial charge on any atom is -0.494 e. The van der Waals surface area contributed by atoms with Crippen LogP contribution in [0.1, 0.15) is 32.0 Å². The molecule has 0 saturated heterocycles. The summed E-state index contributed by atoms with van der Waals surface area (Å²) < 4.78 is 11.4. The van der Waals surface area contributed by atoms with Crippen LogP contribution in [0.15, 0.2) is 18.2 Å². The van der Waals surface area contributed by atoms with Crippen molar-refractivity contribution in [2.24, 2.45) is 0 Å². The maximum absolute atomic E-state index is 5.84. The summed E-state index contributed by atoms with van der Waals surface area (Å²) in [6.45, 7) is 10.5. The first-order chi connectivity index (χ1) is 11.3. The van der Waals surface area contributed by atoms with Crippen LogP contribution in [0.3, 0.4) is 0 Å². The maximum Gasteiger partial charge on any atom is 0.132 e. The Labute approximate surface area is 137 Å². The van der Waals surface area contributed by atoms with Crippen LogP contribution in [0.2, 0.25) is 0 Å². The quantitative estimate of drug-likeness (QED) is 0.889. The number of nitrogens with zero attached hydrogens (tertiary/aromatic N) is 2. The zero-order valence-electron chi connectivity index (χ0n) is 14.2. The number of H-pyrrole nitrogens is 1. The standard InChI is InChI=1S/C18H25N3O2/c1-4-21-10-9-16-15(12-21)18(20-19-16)14-8-7-13(22-5-2)11-17(14)23-6-3/h7-8,11H,4-6,9-10,12H2,1-3H3,(H,19,20). The highest BCUT2D eigenvalue weighted by Gasteiger charge is 2.23. The summed E-state index contributed by atoms with van der Waals surface area (Å²) in [5.41, 5.74) is 4.58. The Morgan fingerprint density at radius 2 is 2.00 bits per heavy atom. The van der Waals surface area contributed by atoms with E-state index >= 15 is 0 Å². The first-order valence-electron chi connectivity index (χ1n) is 8.45. The highest BCUT2D eigenvalue weighted by molar-refractivity contribution is 5.72. The van der Waals surface area contributed by atoms with E-state index in [9.17, 15) is 0 Å². The number of benzene rings is 1. The van der Waals surface area contributed by atoms with Crippen LogP contribution in [0.4, 0.5) is 0 Å². The lowest BCUT2D eigenvalue weighted by molar-refractivity contribution is 0.267. The average Bonchev–Trinajstić information content (AvgIpc) is 2.98. The molecule has 1 aromatic carbocycles. The monoisotopic (exact) mass is 315 g/mol. The number of rotatable bonds is 6. The molecule has 0 unspecified atom stereocenters. The molecule has 0 fully saturated rings. The summed E-state index contributed by atoms with van der Waals surface area (Å²) in [6.07, 6.45) is 1.02. The maximum atomic E-state index is 5.84. The SMILES string of the molecule is CCOc1ccc(-c2n[nH]c3c2CN(CC)CC3)c(OCC)c1. The van der Waals surface area contributed by atoms with E-state index in [-0.39, 0.29) is 0 Å². The highest BCUT2D eigenvalue weighted by Crippen LogP contribution is 2.36. The minimum atomic E-state index is 0.621. The Hall–Kier alpha value is -2.01. The molecule has 23 heavy (non-hydrogen) atoms. The second-order valence-corrected chi connectivity index (χ2v) is 5.67. The smallest absolute Gasteiger partial charge is 0.132 e. The fraction of sp³-hybridized carbons (Fsp3) is 0.500. The molecule has 0 aliphatic carbocycles. The van der Waals surface area contributed by atoms with E-state index < -0.39 is 0 Å². The number of nitrogens with one attached hydrogen (secondary N) is 1. The lowest BCUT2D eigenvalue weighted by Gasteiger charge is -2.25. The van der Waals surface area contributed by atoms with E-state index in [4.69, 9.17) is 9.47 Å². The van der Waals surface area contributed by atoms with Gasteiger partial charge in [0, 0.05) is 42.4 Å². The molecule has 0 radical (unpaired) electrons. The molecule has 124 valence electrons. The fourth-order valence-electron chi connectivity index (χ4n) is 3.07. The van der Waals surface area contributed by atoms with Crippen LogP contribution in [0, 0.1) is 0 Å². The number of likely N-dealkylation sites (N-methyl/N-ethyl adjacent to an activating group) is 1. The Morgan fingerprint density at radius 3 is 2.74 bits per heavy atom. The molecule has 5 nitrogen and oxygen atoms in total. The molecule has 0 saturated carbocycles. The summed E-state index contributed by atoms with van der Waals surface area (Å²) >= 11 is 0. The second kappa shape index (κ2) is 7.04. The normalized spacial score (nSPS) is 14.6. The van der Waals surface area contributed by atoms with E-state index in [0.29, 0.717) is 13.2 Å². The number of hydrogen-bond donors (Lipinski definition) is 1. The fourth-order valence-corrected chi connectivity index (χ4v) is 3.07. The minimum absolute atomic E-state index is 0.621. The van der Waals surface area contributed by atoms with Crippen molar-refractivity contribution >= 4 is 0 Å². The van der Waals surface area contributed by atoms with Gasteiger partial charge in [0.25, 0.3) is 0 Å². The number of fused-ring (bicyclic) bond motifs is 1. The van der Waals surface area contributed by atoms with E-state index in [1.54, 1.807) is 0 Å². The third kappa shape index (κ3) is 3.20. The number of aromatic amines is 1. The van der Waals surface area contributed by atoms with Gasteiger partial charge < -0.3 is 9.47 Å². The van der Waals surface area contributed by atoms with Crippen LogP contribution in [-0.2, 0) is 13.0 Å². The molecule has 0 spiro atoms. The molecule has 1 aliphatic rings. The van der Waals surface area contributed by atoms with Crippen molar-refractivity contribution in [2.45, 2.75) is 33.7 Å². The van der Waals surface area contributed by atoms with Crippen LogP contribution in [-0.4, -0.2) is 41.4 Å². The van der Waals surface area contributed by atoms with Gasteiger partial charge in [-0.1, -0.05) is 6.92 Å². The second-order valence-electron chi connectivity index (χ2n) is 5.67. The van der Waals surface area contributed by atoms with Crippen molar-refractivity contribution in [1.29, 1.82) is 0 Å². The van der Waals surface area contributed by atoms with Crippen LogP contribution >= 0.6 is 0 Å². The predicted molar refractivity (Wildman–Crippen MR) is 91.0 cm³/mol. The van der Waals surface area contributed by atoms with Gasteiger partial charge in [-0.05, 0) is 32.5 Å². The van der Waals surface area contributed by atoms with Crippen molar-refractivity contribution in [2.75, 3.05) is 26.3 Å². The van der Waals surface area contributed by atoms with Crippen LogP contribution < -0.4 is 9.47 Å². The van der Waals surface area contributed by atoms with Crippen LogP contribution in [0.25, 0.3) is 11.3 Å². The molecule has 1 aromatic heterocycles. The highest BCUT2D eigenvalue weighted by atomic mass is 16.5. The number of hydrogen-bond acceptors (Lipinski definition) is 4. The Kier molecular flexibility index (Phi) is 4.86. The molecule has 2 heterocycles. The van der Waals surface area contributed by atoms with Crippen molar-refractivity contribution in [1.82, 2.24) is 15.1 Å². The first kappa shape index (κ1) is 15.9. The molecule has 0 atom stereocenters. The molecule has 0 amide bonds. The van der Waals surface area contributed by atoms with Gasteiger partial charge in [-0.25, -0.2) is 0 Å². The Bertz CT molecular complexity index is 666. The van der Waals surface area contributed by atoms with E-state index in [0.717, 1.165) is 48.8 Å². The summed E-state index contributed by atoms with van der Waals surface area (Å²) in [4.78, 5) is 2.44. The van der Waals surface area contributed by atoms with Gasteiger partial charge >= 0.3 is 0 Å². The van der Waals surface area contributed by atoms with Gasteiger partial charge in [-0.3, -0.25) is 10.00 Å². The molecule has 1 aliphatic heterocycles. The zero-order chi connectivity index (χ0) is 16.2. The lowest BCUT2D eigenvalue weighted by atomic mass is 10.0. The van der Waals surface area contributed by atoms with Gasteiger partial charge in [-0.2, -0.15) is 5.10 Å². The molecule has 1 N–H and O–H groups in total. The molecule has 5 heteroatoms. The molecular formula is C18H25N3O2. The van der Waals surface area contributed by atoms with E-state index in [1.807, 2.05) is 26.0 Å². The van der Waals surface area contributed by atoms with Gasteiger partial charge in [0.05, 0.1) is 13.2 Å². The van der Waals surface area contributed by atoms with Crippen molar-refractivity contribution in [3.63, 3.8) is 0 Å². The largest absolute Gasteiger partial charge is 0.494 e. The summed E-state index contributed by atoms with van der Waals surface area (Å²) in [5, 5.41) is 7.80. The average molecular weight is 315 g/mol. The number of aromatic nitrogens is 2. The molecule has 2 aromatic rings. The van der Waals surface area contributed by atoms with Gasteiger partial charge in [0.2, 0.25) is 0 Å². The van der Waals surface area contributed by atoms with E-state index in [2.05, 4.69) is 28.1 Å². The Morgan fingerprint density at radius 1 is 1.17 bits per heavy atom. The summed E-state index contributed by atoms with van der Waals surface area (Å²) in [6, 6.07) is 6.00. The third-order valence-corrected chi connectivity index (χ3v) is 4.28. The zero-order valence-corrected chi connectivity index (χ0v) is 14.2. The van der Waals surface area contributed by atoms with E-state index in [1.165, 1.54) is 11.3 Å². The molecule has 0 bridgehead atoms. The Balaban J connectivity index is 2.00. The third-order valence-electron chi connectivity index (χ3n) is 4.28. The first-order valence-corrected chi connectivity index (χ1v) is 8.45. The predicted octanol–water partition coefficient (Wildman–Crippen LogP) is 3.25.